The smallest absolute Gasteiger partial charge is 0.227 e. The largest absolute Gasteiger partial charge is 0.339 e. The first-order valence-electron chi connectivity index (χ1n) is 6.04. The Labute approximate surface area is 109 Å². The lowest BCUT2D eigenvalue weighted by Crippen LogP contribution is -2.22. The van der Waals surface area contributed by atoms with Crippen LogP contribution >= 0.6 is 0 Å². The van der Waals surface area contributed by atoms with Gasteiger partial charge in [0.15, 0.2) is 17.5 Å². The minimum Gasteiger partial charge on any atom is -0.339 e. The number of rotatable bonds is 5. The van der Waals surface area contributed by atoms with Crippen LogP contribution in [-0.2, 0) is 6.42 Å². The summed E-state index contributed by atoms with van der Waals surface area (Å²) in [5.74, 6) is -0.536. The van der Waals surface area contributed by atoms with Gasteiger partial charge >= 0.3 is 0 Å². The van der Waals surface area contributed by atoms with E-state index in [1.807, 2.05) is 0 Å². The van der Waals surface area contributed by atoms with Gasteiger partial charge in [-0.05, 0) is 19.9 Å². The Balaban J connectivity index is 1.90. The number of halogens is 2. The molecule has 1 heterocycles. The molecular formula is C13H15F2N3O. The molecule has 19 heavy (non-hydrogen) atoms. The highest BCUT2D eigenvalue weighted by Gasteiger charge is 2.13. The molecule has 1 N–H and O–H groups in total. The summed E-state index contributed by atoms with van der Waals surface area (Å²) in [7, 11) is 0. The fourth-order valence-corrected chi connectivity index (χ4v) is 1.80. The van der Waals surface area contributed by atoms with Gasteiger partial charge in [-0.3, -0.25) is 0 Å². The third-order valence-corrected chi connectivity index (χ3v) is 2.81. The van der Waals surface area contributed by atoms with Crippen LogP contribution in [0.5, 0.6) is 0 Å². The van der Waals surface area contributed by atoms with E-state index in [9.17, 15) is 8.78 Å². The number of benzene rings is 1. The van der Waals surface area contributed by atoms with Crippen LogP contribution in [0.1, 0.15) is 30.2 Å². The molecule has 0 amide bonds. The molecule has 0 radical (unpaired) electrons. The molecule has 2 aromatic rings. The molecule has 1 unspecified atom stereocenters. The summed E-state index contributed by atoms with van der Waals surface area (Å²) in [6.07, 6.45) is 0.544. The maximum absolute atomic E-state index is 13.5. The third kappa shape index (κ3) is 3.35. The van der Waals surface area contributed by atoms with E-state index in [1.54, 1.807) is 19.9 Å². The summed E-state index contributed by atoms with van der Waals surface area (Å²) in [6.45, 7) is 4.06. The fraction of sp³-hybridized carbons (Fsp3) is 0.385. The summed E-state index contributed by atoms with van der Waals surface area (Å²) in [4.78, 5) is 4.06. The highest BCUT2D eigenvalue weighted by Crippen LogP contribution is 2.18. The summed E-state index contributed by atoms with van der Waals surface area (Å²) in [5.41, 5.74) is 0.307. The number of hydrogen-bond donors (Lipinski definition) is 1. The average Bonchev–Trinajstić information content (AvgIpc) is 2.78. The zero-order chi connectivity index (χ0) is 13.8. The monoisotopic (exact) mass is 267 g/mol. The molecule has 0 bridgehead atoms. The van der Waals surface area contributed by atoms with E-state index >= 15 is 0 Å². The van der Waals surface area contributed by atoms with E-state index in [0.717, 1.165) is 6.07 Å². The summed E-state index contributed by atoms with van der Waals surface area (Å²) < 4.78 is 31.6. The summed E-state index contributed by atoms with van der Waals surface area (Å²) in [5, 5.41) is 6.77. The van der Waals surface area contributed by atoms with Gasteiger partial charge in [0.25, 0.3) is 0 Å². The zero-order valence-electron chi connectivity index (χ0n) is 10.8. The molecular weight excluding hydrogens is 252 g/mol. The second kappa shape index (κ2) is 5.88. The number of nitrogens with one attached hydrogen (secondary N) is 1. The lowest BCUT2D eigenvalue weighted by Gasteiger charge is -2.14. The Morgan fingerprint density at radius 1 is 1.37 bits per heavy atom. The molecule has 2 rings (SSSR count). The Kier molecular flexibility index (Phi) is 4.21. The van der Waals surface area contributed by atoms with Crippen molar-refractivity contribution >= 4 is 0 Å². The molecule has 0 aliphatic carbocycles. The van der Waals surface area contributed by atoms with Gasteiger partial charge in [0.2, 0.25) is 5.89 Å². The molecule has 0 saturated heterocycles. The van der Waals surface area contributed by atoms with Gasteiger partial charge in [0.05, 0.1) is 0 Å². The second-order valence-electron chi connectivity index (χ2n) is 4.30. The first-order valence-corrected chi connectivity index (χ1v) is 6.04. The molecule has 102 valence electrons. The van der Waals surface area contributed by atoms with Crippen LogP contribution in [0.15, 0.2) is 22.7 Å². The van der Waals surface area contributed by atoms with Crippen molar-refractivity contribution in [3.8, 4) is 0 Å². The van der Waals surface area contributed by atoms with Crippen LogP contribution in [0.25, 0.3) is 0 Å². The molecule has 0 aliphatic heterocycles. The number of hydrogen-bond acceptors (Lipinski definition) is 4. The topological polar surface area (TPSA) is 51.0 Å². The number of nitrogens with zero attached hydrogens (tertiary/aromatic N) is 2. The molecule has 0 fully saturated rings. The van der Waals surface area contributed by atoms with Crippen LogP contribution < -0.4 is 5.32 Å². The SMILES string of the molecule is Cc1noc(CCNC(C)c2cccc(F)c2F)n1. The molecule has 0 saturated carbocycles. The Morgan fingerprint density at radius 3 is 2.84 bits per heavy atom. The zero-order valence-corrected chi connectivity index (χ0v) is 10.8. The van der Waals surface area contributed by atoms with Crippen molar-refractivity contribution in [3.63, 3.8) is 0 Å². The van der Waals surface area contributed by atoms with E-state index < -0.39 is 11.6 Å². The first kappa shape index (κ1) is 13.6. The molecule has 6 heteroatoms. The lowest BCUT2D eigenvalue weighted by atomic mass is 10.1. The van der Waals surface area contributed by atoms with Gasteiger partial charge in [-0.25, -0.2) is 8.78 Å². The van der Waals surface area contributed by atoms with E-state index in [1.165, 1.54) is 6.07 Å². The Hall–Kier alpha value is -1.82. The molecule has 1 atom stereocenters. The standard InChI is InChI=1S/C13H15F2N3O/c1-8(10-4-3-5-11(14)13(10)15)16-7-6-12-17-9(2)18-19-12/h3-5,8,16H,6-7H2,1-2H3. The van der Waals surface area contributed by atoms with Crippen LogP contribution in [0.4, 0.5) is 8.78 Å². The van der Waals surface area contributed by atoms with Crippen molar-refractivity contribution in [2.75, 3.05) is 6.54 Å². The maximum Gasteiger partial charge on any atom is 0.227 e. The van der Waals surface area contributed by atoms with Gasteiger partial charge in [-0.1, -0.05) is 17.3 Å². The van der Waals surface area contributed by atoms with Crippen LogP contribution in [0, 0.1) is 18.6 Å². The third-order valence-electron chi connectivity index (χ3n) is 2.81. The van der Waals surface area contributed by atoms with Crippen LogP contribution in [0.2, 0.25) is 0 Å². The van der Waals surface area contributed by atoms with E-state index in [4.69, 9.17) is 4.52 Å². The minimum atomic E-state index is -0.835. The van der Waals surface area contributed by atoms with Crippen molar-refractivity contribution in [1.29, 1.82) is 0 Å². The Morgan fingerprint density at radius 2 is 2.16 bits per heavy atom. The van der Waals surface area contributed by atoms with Crippen molar-refractivity contribution in [3.05, 3.63) is 47.1 Å². The van der Waals surface area contributed by atoms with Crippen LogP contribution in [-0.4, -0.2) is 16.7 Å². The van der Waals surface area contributed by atoms with Gasteiger partial charge in [-0.2, -0.15) is 4.98 Å². The first-order chi connectivity index (χ1) is 9.08. The number of aryl methyl sites for hydroxylation is 1. The Bertz CT molecular complexity index is 557. The number of aromatic nitrogens is 2. The van der Waals surface area contributed by atoms with Gasteiger partial charge in [0.1, 0.15) is 0 Å². The lowest BCUT2D eigenvalue weighted by molar-refractivity contribution is 0.369. The van der Waals surface area contributed by atoms with E-state index in [-0.39, 0.29) is 6.04 Å². The van der Waals surface area contributed by atoms with Gasteiger partial charge in [0, 0.05) is 24.6 Å². The average molecular weight is 267 g/mol. The highest BCUT2D eigenvalue weighted by molar-refractivity contribution is 5.21. The van der Waals surface area contributed by atoms with Crippen molar-refractivity contribution < 1.29 is 13.3 Å². The van der Waals surface area contributed by atoms with Crippen molar-refractivity contribution in [2.45, 2.75) is 26.3 Å². The molecule has 0 aliphatic rings. The highest BCUT2D eigenvalue weighted by atomic mass is 19.2. The van der Waals surface area contributed by atoms with E-state index in [0.29, 0.717) is 30.2 Å². The van der Waals surface area contributed by atoms with Crippen molar-refractivity contribution in [1.82, 2.24) is 15.5 Å². The van der Waals surface area contributed by atoms with Gasteiger partial charge < -0.3 is 9.84 Å². The molecule has 1 aromatic heterocycles. The summed E-state index contributed by atoms with van der Waals surface area (Å²) >= 11 is 0. The van der Waals surface area contributed by atoms with E-state index in [2.05, 4.69) is 15.5 Å². The minimum absolute atomic E-state index is 0.292. The second-order valence-corrected chi connectivity index (χ2v) is 4.30. The van der Waals surface area contributed by atoms with Crippen LogP contribution in [0.3, 0.4) is 0 Å². The fourth-order valence-electron chi connectivity index (χ4n) is 1.80. The maximum atomic E-state index is 13.5. The quantitative estimate of drug-likeness (QED) is 0.904. The van der Waals surface area contributed by atoms with Gasteiger partial charge in [-0.15, -0.1) is 0 Å². The normalized spacial score (nSPS) is 12.6. The summed E-state index contributed by atoms with van der Waals surface area (Å²) in [6, 6.07) is 3.87. The predicted molar refractivity (Wildman–Crippen MR) is 65.5 cm³/mol. The molecule has 0 spiro atoms. The molecule has 4 nitrogen and oxygen atoms in total. The van der Waals surface area contributed by atoms with Crippen molar-refractivity contribution in [2.24, 2.45) is 0 Å². The molecule has 1 aromatic carbocycles. The predicted octanol–water partition coefficient (Wildman–Crippen LogP) is 2.55.